The highest BCUT2D eigenvalue weighted by molar-refractivity contribution is 7.98. The Labute approximate surface area is 166 Å². The molecule has 4 aromatic rings. The van der Waals surface area contributed by atoms with Crippen molar-refractivity contribution in [2.24, 2.45) is 0 Å². The Kier molecular flexibility index (Phi) is 4.92. The van der Waals surface area contributed by atoms with Crippen LogP contribution in [0.15, 0.2) is 65.1 Å². The smallest absolute Gasteiger partial charge is 0.263 e. The lowest BCUT2D eigenvalue weighted by Gasteiger charge is -2.11. The fourth-order valence-electron chi connectivity index (χ4n) is 3.28. The molecule has 7 heteroatoms. The molecule has 0 aliphatic heterocycles. The molecule has 2 heterocycles. The summed E-state index contributed by atoms with van der Waals surface area (Å²) in [6.07, 6.45) is 1.69. The van der Waals surface area contributed by atoms with Crippen LogP contribution in [0, 0.1) is 6.92 Å². The first-order valence-corrected chi connectivity index (χ1v) is 9.86. The van der Waals surface area contributed by atoms with Crippen molar-refractivity contribution in [1.29, 1.82) is 0 Å². The molecule has 4 rings (SSSR count). The highest BCUT2D eigenvalue weighted by Crippen LogP contribution is 2.29. The normalized spacial score (nSPS) is 11.2. The van der Waals surface area contributed by atoms with Crippen molar-refractivity contribution in [1.82, 2.24) is 19.2 Å². The Bertz CT molecular complexity index is 1240. The number of methoxy groups -OCH3 is 1. The van der Waals surface area contributed by atoms with Crippen LogP contribution in [0.25, 0.3) is 16.7 Å². The van der Waals surface area contributed by atoms with Crippen LogP contribution in [-0.2, 0) is 12.3 Å². The first kappa shape index (κ1) is 18.3. The van der Waals surface area contributed by atoms with E-state index in [9.17, 15) is 4.79 Å². The predicted octanol–water partition coefficient (Wildman–Crippen LogP) is 3.84. The summed E-state index contributed by atoms with van der Waals surface area (Å²) in [5, 5.41) is 10.0. The number of para-hydroxylation sites is 1. The number of aryl methyl sites for hydroxylation is 1. The lowest BCUT2D eigenvalue weighted by molar-refractivity contribution is 0.411. The molecule has 0 radical (unpaired) electrons. The summed E-state index contributed by atoms with van der Waals surface area (Å²) in [5.41, 5.74) is 2.97. The zero-order chi connectivity index (χ0) is 19.7. The Morgan fingerprint density at radius 3 is 2.82 bits per heavy atom. The van der Waals surface area contributed by atoms with Crippen LogP contribution in [-0.4, -0.2) is 26.3 Å². The van der Waals surface area contributed by atoms with E-state index in [-0.39, 0.29) is 5.56 Å². The lowest BCUT2D eigenvalue weighted by atomic mass is 10.1. The molecular formula is C21H20N4O2S. The van der Waals surface area contributed by atoms with E-state index in [0.29, 0.717) is 23.5 Å². The van der Waals surface area contributed by atoms with Crippen LogP contribution >= 0.6 is 11.8 Å². The van der Waals surface area contributed by atoms with Gasteiger partial charge in [0.05, 0.1) is 18.0 Å². The van der Waals surface area contributed by atoms with Crippen molar-refractivity contribution in [2.45, 2.75) is 24.4 Å². The van der Waals surface area contributed by atoms with E-state index in [1.807, 2.05) is 40.8 Å². The Hall–Kier alpha value is -3.06. The molecule has 0 fully saturated rings. The van der Waals surface area contributed by atoms with Crippen molar-refractivity contribution in [3.05, 3.63) is 76.6 Å². The summed E-state index contributed by atoms with van der Waals surface area (Å²) in [7, 11) is 1.67. The first-order chi connectivity index (χ1) is 13.6. The Balaban J connectivity index is 1.84. The van der Waals surface area contributed by atoms with Gasteiger partial charge in [-0.1, -0.05) is 47.7 Å². The third-order valence-corrected chi connectivity index (χ3v) is 5.56. The van der Waals surface area contributed by atoms with Crippen LogP contribution < -0.4 is 10.3 Å². The molecule has 28 heavy (non-hydrogen) atoms. The van der Waals surface area contributed by atoms with Gasteiger partial charge in [-0.2, -0.15) is 0 Å². The fourth-order valence-corrected chi connectivity index (χ4v) is 4.20. The summed E-state index contributed by atoms with van der Waals surface area (Å²) in [5.74, 6) is 2.04. The maximum atomic E-state index is 12.9. The number of fused-ring (bicyclic) bond motifs is 3. The van der Waals surface area contributed by atoms with Crippen LogP contribution in [0.2, 0.25) is 0 Å². The molecule has 0 spiro atoms. The van der Waals surface area contributed by atoms with Gasteiger partial charge in [0.25, 0.3) is 5.56 Å². The fraction of sp³-hybridized carbons (Fsp3) is 0.190. The zero-order valence-corrected chi connectivity index (χ0v) is 16.6. The van der Waals surface area contributed by atoms with E-state index < -0.39 is 0 Å². The van der Waals surface area contributed by atoms with Crippen LogP contribution in [0.5, 0.6) is 5.75 Å². The summed E-state index contributed by atoms with van der Waals surface area (Å²) in [6, 6.07) is 13.6. The number of hydrogen-bond donors (Lipinski definition) is 0. The molecule has 0 aliphatic rings. The third-order valence-electron chi connectivity index (χ3n) is 4.58. The SMILES string of the molecule is C=CCn1c(=O)c2ccccc2n2c(SCc3cc(C)ccc3OC)nnc12. The van der Waals surface area contributed by atoms with Gasteiger partial charge in [-0.05, 0) is 25.1 Å². The number of aromatic nitrogens is 4. The molecule has 2 aromatic carbocycles. The second-order valence-corrected chi connectivity index (χ2v) is 7.39. The first-order valence-electron chi connectivity index (χ1n) is 8.88. The molecule has 0 saturated carbocycles. The van der Waals surface area contributed by atoms with Crippen molar-refractivity contribution in [3.8, 4) is 5.75 Å². The Morgan fingerprint density at radius 1 is 1.21 bits per heavy atom. The average molecular weight is 392 g/mol. The quantitative estimate of drug-likeness (QED) is 0.369. The van der Waals surface area contributed by atoms with Crippen molar-refractivity contribution >= 4 is 28.4 Å². The molecule has 0 aliphatic carbocycles. The number of nitrogens with zero attached hydrogens (tertiary/aromatic N) is 4. The number of thioether (sulfide) groups is 1. The van der Waals surface area contributed by atoms with Crippen molar-refractivity contribution in [3.63, 3.8) is 0 Å². The number of hydrogen-bond acceptors (Lipinski definition) is 5. The highest BCUT2D eigenvalue weighted by atomic mass is 32.2. The maximum absolute atomic E-state index is 12.9. The second-order valence-electron chi connectivity index (χ2n) is 6.44. The summed E-state index contributed by atoms with van der Waals surface area (Å²) in [6.45, 7) is 6.19. The minimum Gasteiger partial charge on any atom is -0.496 e. The minimum absolute atomic E-state index is 0.0905. The van der Waals surface area contributed by atoms with E-state index >= 15 is 0 Å². The topological polar surface area (TPSA) is 61.4 Å². The van der Waals surface area contributed by atoms with Gasteiger partial charge in [-0.15, -0.1) is 16.8 Å². The van der Waals surface area contributed by atoms with E-state index in [0.717, 1.165) is 22.0 Å². The second kappa shape index (κ2) is 7.52. The third kappa shape index (κ3) is 3.07. The largest absolute Gasteiger partial charge is 0.496 e. The molecule has 2 aromatic heterocycles. The van der Waals surface area contributed by atoms with E-state index in [2.05, 4.69) is 29.8 Å². The van der Waals surface area contributed by atoms with Crippen molar-refractivity contribution < 1.29 is 4.74 Å². The molecule has 0 bridgehead atoms. The van der Waals surface area contributed by atoms with Crippen LogP contribution in [0.4, 0.5) is 0 Å². The van der Waals surface area contributed by atoms with E-state index in [1.165, 1.54) is 5.56 Å². The molecule has 6 nitrogen and oxygen atoms in total. The molecule has 0 saturated heterocycles. The van der Waals surface area contributed by atoms with Gasteiger partial charge in [-0.25, -0.2) is 0 Å². The summed E-state index contributed by atoms with van der Waals surface area (Å²) < 4.78 is 9.02. The van der Waals surface area contributed by atoms with Gasteiger partial charge in [0.1, 0.15) is 5.75 Å². The van der Waals surface area contributed by atoms with E-state index in [1.54, 1.807) is 29.5 Å². The Morgan fingerprint density at radius 2 is 2.04 bits per heavy atom. The van der Waals surface area contributed by atoms with Gasteiger partial charge < -0.3 is 4.74 Å². The zero-order valence-electron chi connectivity index (χ0n) is 15.8. The van der Waals surface area contributed by atoms with Gasteiger partial charge in [0.2, 0.25) is 5.78 Å². The maximum Gasteiger partial charge on any atom is 0.263 e. The molecule has 142 valence electrons. The molecule has 0 unspecified atom stereocenters. The van der Waals surface area contributed by atoms with Gasteiger partial charge in [0, 0.05) is 17.9 Å². The monoisotopic (exact) mass is 392 g/mol. The molecule has 0 atom stereocenters. The number of rotatable bonds is 6. The average Bonchev–Trinajstić information content (AvgIpc) is 3.13. The standard InChI is InChI=1S/C21H20N4O2S/c1-4-11-24-19(26)16-7-5-6-8-17(16)25-20(24)22-23-21(25)28-13-15-12-14(2)9-10-18(15)27-3/h4-10,12H,1,11,13H2,2-3H3. The van der Waals surface area contributed by atoms with Crippen LogP contribution in [0.3, 0.4) is 0 Å². The van der Waals surface area contributed by atoms with Crippen LogP contribution in [0.1, 0.15) is 11.1 Å². The van der Waals surface area contributed by atoms with Crippen molar-refractivity contribution in [2.75, 3.05) is 7.11 Å². The number of benzene rings is 2. The summed E-state index contributed by atoms with van der Waals surface area (Å²) >= 11 is 1.56. The van der Waals surface area contributed by atoms with Gasteiger partial charge >= 0.3 is 0 Å². The van der Waals surface area contributed by atoms with E-state index in [4.69, 9.17) is 4.74 Å². The van der Waals surface area contributed by atoms with Gasteiger partial charge in [0.15, 0.2) is 5.16 Å². The predicted molar refractivity (Wildman–Crippen MR) is 112 cm³/mol. The lowest BCUT2D eigenvalue weighted by Crippen LogP contribution is -2.22. The highest BCUT2D eigenvalue weighted by Gasteiger charge is 2.16. The molecule has 0 N–H and O–H groups in total. The molecule has 0 amide bonds. The number of allylic oxidation sites excluding steroid dienone is 1. The van der Waals surface area contributed by atoms with Gasteiger partial charge in [-0.3, -0.25) is 13.8 Å². The summed E-state index contributed by atoms with van der Waals surface area (Å²) in [4.78, 5) is 12.9. The minimum atomic E-state index is -0.0905. The molecular weight excluding hydrogens is 372 g/mol. The number of ether oxygens (including phenoxy) is 1.